The molecule has 30 heavy (non-hydrogen) atoms. The second-order valence-corrected chi connectivity index (χ2v) is 9.19. The van der Waals surface area contributed by atoms with Crippen LogP contribution in [0.15, 0.2) is 47.5 Å². The van der Waals surface area contributed by atoms with Crippen LogP contribution in [0.5, 0.6) is 0 Å². The Morgan fingerprint density at radius 3 is 2.43 bits per heavy atom. The first-order chi connectivity index (χ1) is 14.2. The lowest BCUT2D eigenvalue weighted by Crippen LogP contribution is -2.37. The first-order valence-electron chi connectivity index (χ1n) is 10.0. The fourth-order valence-corrected chi connectivity index (χ4v) is 4.39. The quantitative estimate of drug-likeness (QED) is 0.418. The molecule has 0 aliphatic heterocycles. The molecular weight excluding hydrogens is 403 g/mol. The van der Waals surface area contributed by atoms with Crippen molar-refractivity contribution in [3.05, 3.63) is 70.5 Å². The van der Waals surface area contributed by atoms with E-state index in [1.165, 1.54) is 6.07 Å². The van der Waals surface area contributed by atoms with Crippen molar-refractivity contribution in [2.45, 2.75) is 52.6 Å². The maximum atomic E-state index is 13.7. The summed E-state index contributed by atoms with van der Waals surface area (Å²) in [6.07, 6.45) is 0. The van der Waals surface area contributed by atoms with E-state index in [1.54, 1.807) is 26.8 Å². The predicted octanol–water partition coefficient (Wildman–Crippen LogP) is 3.22. The van der Waals surface area contributed by atoms with Gasteiger partial charge in [0.15, 0.2) is 5.96 Å². The van der Waals surface area contributed by atoms with Gasteiger partial charge in [0.1, 0.15) is 5.82 Å². The van der Waals surface area contributed by atoms with Gasteiger partial charge in [0.25, 0.3) is 0 Å². The van der Waals surface area contributed by atoms with Gasteiger partial charge in [-0.3, -0.25) is 0 Å². The minimum atomic E-state index is -3.42. The molecule has 6 nitrogen and oxygen atoms in total. The number of hydrogen-bond donors (Lipinski definition) is 3. The topological polar surface area (TPSA) is 82.6 Å². The molecule has 0 amide bonds. The highest BCUT2D eigenvalue weighted by molar-refractivity contribution is 7.88. The van der Waals surface area contributed by atoms with Gasteiger partial charge in [-0.15, -0.1) is 0 Å². The van der Waals surface area contributed by atoms with Crippen LogP contribution in [0, 0.1) is 12.7 Å². The van der Waals surface area contributed by atoms with Crippen LogP contribution in [0.2, 0.25) is 0 Å². The molecule has 0 fully saturated rings. The number of guanidine groups is 1. The molecular formula is C22H31FN4O2S. The summed E-state index contributed by atoms with van der Waals surface area (Å²) in [5.74, 6) is 0.251. The van der Waals surface area contributed by atoms with Gasteiger partial charge in [0, 0.05) is 19.1 Å². The van der Waals surface area contributed by atoms with E-state index in [1.807, 2.05) is 37.3 Å². The van der Waals surface area contributed by atoms with Gasteiger partial charge < -0.3 is 10.6 Å². The second-order valence-electron chi connectivity index (χ2n) is 7.43. The number of aliphatic imine (C=N–C) groups is 1. The molecule has 164 valence electrons. The highest BCUT2D eigenvalue weighted by Gasteiger charge is 2.15. The molecule has 2 aromatic carbocycles. The van der Waals surface area contributed by atoms with Crippen molar-refractivity contribution in [3.8, 4) is 0 Å². The van der Waals surface area contributed by atoms with Crippen molar-refractivity contribution in [3.63, 3.8) is 0 Å². The number of rotatable bonds is 9. The molecule has 0 radical (unpaired) electrons. The van der Waals surface area contributed by atoms with E-state index >= 15 is 0 Å². The second kappa shape index (κ2) is 11.1. The fourth-order valence-electron chi connectivity index (χ4n) is 2.90. The van der Waals surface area contributed by atoms with Crippen LogP contribution in [-0.2, 0) is 28.9 Å². The minimum absolute atomic E-state index is 0.0840. The molecule has 8 heteroatoms. The lowest BCUT2D eigenvalue weighted by molar-refractivity contribution is 0.568. The van der Waals surface area contributed by atoms with Gasteiger partial charge in [0.05, 0.1) is 12.3 Å². The zero-order valence-corrected chi connectivity index (χ0v) is 18.8. The molecule has 0 saturated heterocycles. The molecule has 2 rings (SSSR count). The number of nitrogens with one attached hydrogen (secondary N) is 3. The van der Waals surface area contributed by atoms with Crippen molar-refractivity contribution in [1.82, 2.24) is 15.4 Å². The number of aryl methyl sites for hydroxylation is 1. The number of sulfonamides is 1. The summed E-state index contributed by atoms with van der Waals surface area (Å²) in [6.45, 7) is 8.70. The summed E-state index contributed by atoms with van der Waals surface area (Å²) in [4.78, 5) is 4.51. The Morgan fingerprint density at radius 1 is 1.10 bits per heavy atom. The highest BCUT2D eigenvalue weighted by atomic mass is 32.2. The molecule has 0 aliphatic carbocycles. The maximum absolute atomic E-state index is 13.7. The van der Waals surface area contributed by atoms with E-state index in [4.69, 9.17) is 0 Å². The average molecular weight is 435 g/mol. The Hall–Kier alpha value is -2.45. The van der Waals surface area contributed by atoms with Crippen LogP contribution in [0.3, 0.4) is 0 Å². The SMILES string of the molecule is CCNC(=NCc1ccc(C)c(F)c1)NCc1ccccc1CS(=O)(=O)NC(C)C. The van der Waals surface area contributed by atoms with E-state index in [0.29, 0.717) is 31.2 Å². The van der Waals surface area contributed by atoms with Gasteiger partial charge >= 0.3 is 0 Å². The smallest absolute Gasteiger partial charge is 0.216 e. The summed E-state index contributed by atoms with van der Waals surface area (Å²) in [5, 5.41) is 6.39. The molecule has 0 saturated carbocycles. The van der Waals surface area contributed by atoms with Gasteiger partial charge in [0.2, 0.25) is 10.0 Å². The molecule has 0 aliphatic rings. The molecule has 0 atom stereocenters. The maximum Gasteiger partial charge on any atom is 0.216 e. The minimum Gasteiger partial charge on any atom is -0.357 e. The Labute approximate surface area is 179 Å². The third-order valence-electron chi connectivity index (χ3n) is 4.33. The van der Waals surface area contributed by atoms with Gasteiger partial charge in [-0.05, 0) is 56.0 Å². The lowest BCUT2D eigenvalue weighted by Gasteiger charge is -2.15. The third kappa shape index (κ3) is 7.76. The molecule has 0 spiro atoms. The van der Waals surface area contributed by atoms with Crippen LogP contribution in [-0.4, -0.2) is 27.0 Å². The Balaban J connectivity index is 2.09. The van der Waals surface area contributed by atoms with Crippen LogP contribution in [0.4, 0.5) is 4.39 Å². The standard InChI is InChI=1S/C22H31FN4O2S/c1-5-24-22(25-13-18-11-10-17(4)21(23)12-18)26-14-19-8-6-7-9-20(19)15-30(28,29)27-16(2)3/h6-12,16,27H,5,13-15H2,1-4H3,(H2,24,25,26). The van der Waals surface area contributed by atoms with Crippen LogP contribution >= 0.6 is 0 Å². The predicted molar refractivity (Wildman–Crippen MR) is 120 cm³/mol. The fraction of sp³-hybridized carbons (Fsp3) is 0.409. The Kier molecular flexibility index (Phi) is 8.80. The molecule has 3 N–H and O–H groups in total. The first-order valence-corrected chi connectivity index (χ1v) is 11.7. The van der Waals surface area contributed by atoms with E-state index in [-0.39, 0.29) is 17.6 Å². The third-order valence-corrected chi connectivity index (χ3v) is 5.85. The van der Waals surface area contributed by atoms with E-state index in [2.05, 4.69) is 20.3 Å². The van der Waals surface area contributed by atoms with Crippen LogP contribution < -0.4 is 15.4 Å². The van der Waals surface area contributed by atoms with Crippen LogP contribution in [0.25, 0.3) is 0 Å². The summed E-state index contributed by atoms with van der Waals surface area (Å²) in [7, 11) is -3.42. The largest absolute Gasteiger partial charge is 0.357 e. The monoisotopic (exact) mass is 434 g/mol. The van der Waals surface area contributed by atoms with Crippen molar-refractivity contribution in [2.24, 2.45) is 4.99 Å². The number of hydrogen-bond acceptors (Lipinski definition) is 3. The van der Waals surface area contributed by atoms with Crippen molar-refractivity contribution >= 4 is 16.0 Å². The zero-order chi connectivity index (χ0) is 22.1. The van der Waals surface area contributed by atoms with Gasteiger partial charge in [-0.1, -0.05) is 36.4 Å². The summed E-state index contributed by atoms with van der Waals surface area (Å²) in [6, 6.07) is 12.3. The Bertz CT molecular complexity index is 975. The Morgan fingerprint density at radius 2 is 1.80 bits per heavy atom. The van der Waals surface area contributed by atoms with Gasteiger partial charge in [-0.25, -0.2) is 22.5 Å². The summed E-state index contributed by atoms with van der Waals surface area (Å²) >= 11 is 0. The molecule has 0 aromatic heterocycles. The lowest BCUT2D eigenvalue weighted by atomic mass is 10.1. The van der Waals surface area contributed by atoms with Crippen molar-refractivity contribution in [2.75, 3.05) is 6.54 Å². The first kappa shape index (κ1) is 23.8. The number of benzene rings is 2. The summed E-state index contributed by atoms with van der Waals surface area (Å²) in [5.41, 5.74) is 2.99. The molecule has 0 bridgehead atoms. The molecule has 2 aromatic rings. The van der Waals surface area contributed by atoms with Gasteiger partial charge in [-0.2, -0.15) is 0 Å². The summed E-state index contributed by atoms with van der Waals surface area (Å²) < 4.78 is 41.0. The molecule has 0 unspecified atom stereocenters. The van der Waals surface area contributed by atoms with Crippen molar-refractivity contribution < 1.29 is 12.8 Å². The van der Waals surface area contributed by atoms with Crippen molar-refractivity contribution in [1.29, 1.82) is 0 Å². The number of nitrogens with zero attached hydrogens (tertiary/aromatic N) is 1. The number of halogens is 1. The normalized spacial score (nSPS) is 12.3. The zero-order valence-electron chi connectivity index (χ0n) is 18.0. The van der Waals surface area contributed by atoms with E-state index < -0.39 is 10.0 Å². The average Bonchev–Trinajstić information content (AvgIpc) is 2.66. The van der Waals surface area contributed by atoms with E-state index in [9.17, 15) is 12.8 Å². The highest BCUT2D eigenvalue weighted by Crippen LogP contribution is 2.13. The van der Waals surface area contributed by atoms with Crippen LogP contribution in [0.1, 0.15) is 43.0 Å². The van der Waals surface area contributed by atoms with E-state index in [0.717, 1.165) is 16.7 Å². The molecule has 0 heterocycles.